The molecular weight excluding hydrogens is 328 g/mol. The van der Waals surface area contributed by atoms with Crippen molar-refractivity contribution in [2.75, 3.05) is 20.1 Å². The molecular formula is C20H28N4O2. The molecule has 1 fully saturated rings. The molecule has 1 aromatic heterocycles. The molecule has 0 radical (unpaired) electrons. The molecule has 1 amide bonds. The van der Waals surface area contributed by atoms with Gasteiger partial charge in [-0.25, -0.2) is 0 Å². The van der Waals surface area contributed by atoms with E-state index in [2.05, 4.69) is 16.3 Å². The fourth-order valence-electron chi connectivity index (χ4n) is 3.73. The number of piperidine rings is 1. The van der Waals surface area contributed by atoms with Gasteiger partial charge in [0.1, 0.15) is 0 Å². The smallest absolute Gasteiger partial charge is 0.256 e. The second-order valence-electron chi connectivity index (χ2n) is 7.57. The molecule has 0 saturated carbocycles. The number of aromatic amines is 1. The van der Waals surface area contributed by atoms with Gasteiger partial charge in [0.2, 0.25) is 0 Å². The highest BCUT2D eigenvalue weighted by molar-refractivity contribution is 5.86. The van der Waals surface area contributed by atoms with Crippen LogP contribution in [-0.2, 0) is 17.9 Å². The number of aliphatic hydroxyl groups is 1. The zero-order valence-electron chi connectivity index (χ0n) is 15.8. The number of likely N-dealkylation sites (tertiary alicyclic amines) is 1. The van der Waals surface area contributed by atoms with Crippen molar-refractivity contribution in [1.29, 1.82) is 0 Å². The Hall–Kier alpha value is -2.18. The summed E-state index contributed by atoms with van der Waals surface area (Å²) >= 11 is 0. The van der Waals surface area contributed by atoms with Gasteiger partial charge in [0.05, 0.1) is 5.69 Å². The van der Waals surface area contributed by atoms with Crippen LogP contribution in [0.1, 0.15) is 35.4 Å². The van der Waals surface area contributed by atoms with Crippen molar-refractivity contribution >= 4 is 5.91 Å². The zero-order valence-corrected chi connectivity index (χ0v) is 15.8. The van der Waals surface area contributed by atoms with Gasteiger partial charge in [-0.1, -0.05) is 29.8 Å². The number of aromatic nitrogens is 2. The van der Waals surface area contributed by atoms with Crippen molar-refractivity contribution in [2.45, 2.75) is 45.4 Å². The largest absolute Gasteiger partial charge is 0.379 e. The number of hydrogen-bond donors (Lipinski definition) is 2. The van der Waals surface area contributed by atoms with Crippen molar-refractivity contribution in [3.05, 3.63) is 52.8 Å². The first-order chi connectivity index (χ1) is 12.4. The van der Waals surface area contributed by atoms with Crippen LogP contribution in [0.3, 0.4) is 0 Å². The van der Waals surface area contributed by atoms with Crippen LogP contribution >= 0.6 is 0 Å². The van der Waals surface area contributed by atoms with E-state index < -0.39 is 5.60 Å². The van der Waals surface area contributed by atoms with Crippen LogP contribution in [-0.4, -0.2) is 56.7 Å². The fraction of sp³-hybridized carbons (Fsp3) is 0.500. The molecule has 1 aromatic carbocycles. The molecule has 1 aliphatic rings. The molecule has 2 aromatic rings. The van der Waals surface area contributed by atoms with Gasteiger partial charge in [-0.3, -0.25) is 14.8 Å². The topological polar surface area (TPSA) is 72.5 Å². The average molecular weight is 356 g/mol. The predicted molar refractivity (Wildman–Crippen MR) is 100 cm³/mol. The molecule has 1 atom stereocenters. The SMILES string of the molecule is Cc1cccc(CN2CCCC(O)(CN(C)Cc3cc(C)[nH]n3)C2=O)c1. The standard InChI is InChI=1S/C20H28N4O2/c1-15-6-4-7-17(10-15)12-24-9-5-8-20(26,19(24)25)14-23(3)13-18-11-16(2)21-22-18/h4,6-7,10-11,26H,5,8-9,12-14H2,1-3H3,(H,21,22). The van der Waals surface area contributed by atoms with E-state index in [0.717, 1.165) is 23.4 Å². The number of benzene rings is 1. The lowest BCUT2D eigenvalue weighted by Gasteiger charge is -2.40. The highest BCUT2D eigenvalue weighted by Crippen LogP contribution is 2.25. The quantitative estimate of drug-likeness (QED) is 0.830. The van der Waals surface area contributed by atoms with Gasteiger partial charge in [-0.15, -0.1) is 0 Å². The summed E-state index contributed by atoms with van der Waals surface area (Å²) in [6.45, 7) is 6.14. The molecule has 6 nitrogen and oxygen atoms in total. The number of carbonyl (C=O) groups is 1. The highest BCUT2D eigenvalue weighted by Gasteiger charge is 2.42. The summed E-state index contributed by atoms with van der Waals surface area (Å²) < 4.78 is 0. The van der Waals surface area contributed by atoms with E-state index in [9.17, 15) is 9.90 Å². The van der Waals surface area contributed by atoms with Crippen molar-refractivity contribution in [1.82, 2.24) is 20.0 Å². The van der Waals surface area contributed by atoms with Gasteiger partial charge in [-0.2, -0.15) is 5.10 Å². The molecule has 1 saturated heterocycles. The molecule has 140 valence electrons. The van der Waals surface area contributed by atoms with Crippen LogP contribution in [0.25, 0.3) is 0 Å². The third-order valence-electron chi connectivity index (χ3n) is 4.88. The molecule has 3 rings (SSSR count). The van der Waals surface area contributed by atoms with Gasteiger partial charge in [0.15, 0.2) is 5.60 Å². The number of H-pyrrole nitrogens is 1. The number of likely N-dealkylation sites (N-methyl/N-ethyl adjacent to an activating group) is 1. The van der Waals surface area contributed by atoms with Crippen molar-refractivity contribution in [3.63, 3.8) is 0 Å². The molecule has 2 N–H and O–H groups in total. The number of rotatable bonds is 6. The lowest BCUT2D eigenvalue weighted by Crippen LogP contribution is -2.57. The molecule has 6 heteroatoms. The number of aryl methyl sites for hydroxylation is 2. The Morgan fingerprint density at radius 2 is 2.15 bits per heavy atom. The second-order valence-corrected chi connectivity index (χ2v) is 7.57. The van der Waals surface area contributed by atoms with Gasteiger partial charge in [0, 0.05) is 31.9 Å². The molecule has 1 aliphatic heterocycles. The van der Waals surface area contributed by atoms with Gasteiger partial charge in [-0.05, 0) is 45.4 Å². The van der Waals surface area contributed by atoms with Crippen LogP contribution in [0.5, 0.6) is 0 Å². The van der Waals surface area contributed by atoms with Crippen LogP contribution < -0.4 is 0 Å². The second kappa shape index (κ2) is 7.60. The van der Waals surface area contributed by atoms with Gasteiger partial charge < -0.3 is 10.0 Å². The molecule has 0 aliphatic carbocycles. The van der Waals surface area contributed by atoms with Crippen molar-refractivity contribution in [2.24, 2.45) is 0 Å². The average Bonchev–Trinajstić information content (AvgIpc) is 2.97. The molecule has 0 spiro atoms. The van der Waals surface area contributed by atoms with E-state index in [1.165, 1.54) is 5.56 Å². The summed E-state index contributed by atoms with van der Waals surface area (Å²) in [7, 11) is 1.91. The van der Waals surface area contributed by atoms with E-state index in [-0.39, 0.29) is 5.91 Å². The van der Waals surface area contributed by atoms with Crippen LogP contribution in [0.15, 0.2) is 30.3 Å². The Balaban J connectivity index is 1.65. The summed E-state index contributed by atoms with van der Waals surface area (Å²) in [5.41, 5.74) is 2.86. The van der Waals surface area contributed by atoms with E-state index in [4.69, 9.17) is 0 Å². The zero-order chi connectivity index (χ0) is 18.7. The van der Waals surface area contributed by atoms with E-state index in [0.29, 0.717) is 32.6 Å². The lowest BCUT2D eigenvalue weighted by atomic mass is 9.90. The van der Waals surface area contributed by atoms with E-state index in [1.807, 2.05) is 50.1 Å². The van der Waals surface area contributed by atoms with Gasteiger partial charge in [0.25, 0.3) is 5.91 Å². The first-order valence-electron chi connectivity index (χ1n) is 9.12. The minimum atomic E-state index is -1.33. The Labute approximate surface area is 154 Å². The maximum Gasteiger partial charge on any atom is 0.256 e. The number of amides is 1. The van der Waals surface area contributed by atoms with Crippen LogP contribution in [0.4, 0.5) is 0 Å². The third-order valence-corrected chi connectivity index (χ3v) is 4.88. The Kier molecular flexibility index (Phi) is 5.44. The Bertz CT molecular complexity index is 773. The number of nitrogens with zero attached hydrogens (tertiary/aromatic N) is 3. The molecule has 26 heavy (non-hydrogen) atoms. The summed E-state index contributed by atoms with van der Waals surface area (Å²) in [5.74, 6) is -0.171. The van der Waals surface area contributed by atoms with Crippen LogP contribution in [0.2, 0.25) is 0 Å². The van der Waals surface area contributed by atoms with Crippen LogP contribution in [0, 0.1) is 13.8 Å². The van der Waals surface area contributed by atoms with Crippen molar-refractivity contribution < 1.29 is 9.90 Å². The lowest BCUT2D eigenvalue weighted by molar-refractivity contribution is -0.160. The Morgan fingerprint density at radius 1 is 1.35 bits per heavy atom. The summed E-state index contributed by atoms with van der Waals surface area (Å²) in [5, 5.41) is 18.2. The Morgan fingerprint density at radius 3 is 2.85 bits per heavy atom. The van der Waals surface area contributed by atoms with E-state index >= 15 is 0 Å². The number of nitrogens with one attached hydrogen (secondary N) is 1. The van der Waals surface area contributed by atoms with Crippen molar-refractivity contribution in [3.8, 4) is 0 Å². The highest BCUT2D eigenvalue weighted by atomic mass is 16.3. The first kappa shape index (κ1) is 18.6. The van der Waals surface area contributed by atoms with E-state index in [1.54, 1.807) is 4.90 Å². The molecule has 0 bridgehead atoms. The minimum Gasteiger partial charge on any atom is -0.379 e. The molecule has 2 heterocycles. The number of hydrogen-bond acceptors (Lipinski definition) is 4. The summed E-state index contributed by atoms with van der Waals surface area (Å²) in [6, 6.07) is 10.1. The van der Waals surface area contributed by atoms with Gasteiger partial charge >= 0.3 is 0 Å². The summed E-state index contributed by atoms with van der Waals surface area (Å²) in [6.07, 6.45) is 1.31. The minimum absolute atomic E-state index is 0.171. The number of carbonyl (C=O) groups excluding carboxylic acids is 1. The first-order valence-corrected chi connectivity index (χ1v) is 9.12. The normalized spacial score (nSPS) is 20.8. The fourth-order valence-corrected chi connectivity index (χ4v) is 3.73. The predicted octanol–water partition coefficient (Wildman–Crippen LogP) is 2.01. The third kappa shape index (κ3) is 4.31. The summed E-state index contributed by atoms with van der Waals surface area (Å²) in [4.78, 5) is 16.7. The monoisotopic (exact) mass is 356 g/mol. The maximum atomic E-state index is 13.0. The maximum absolute atomic E-state index is 13.0. The molecule has 1 unspecified atom stereocenters.